The lowest BCUT2D eigenvalue weighted by Gasteiger charge is -2.16. The van der Waals surface area contributed by atoms with Crippen molar-refractivity contribution >= 4 is 28.6 Å². The molecule has 0 saturated carbocycles. The van der Waals surface area contributed by atoms with Crippen molar-refractivity contribution in [2.24, 2.45) is 0 Å². The Labute approximate surface area is 202 Å². The minimum atomic E-state index is -4.95. The Morgan fingerprint density at radius 3 is 2.44 bits per heavy atom. The number of amides is 1. The van der Waals surface area contributed by atoms with Crippen molar-refractivity contribution < 1.29 is 35.9 Å². The third-order valence-electron chi connectivity index (χ3n) is 5.23. The van der Waals surface area contributed by atoms with Crippen molar-refractivity contribution in [1.82, 2.24) is 19.9 Å². The van der Waals surface area contributed by atoms with Crippen LogP contribution in [0.4, 0.5) is 42.8 Å². The summed E-state index contributed by atoms with van der Waals surface area (Å²) < 4.78 is 87.3. The summed E-state index contributed by atoms with van der Waals surface area (Å²) in [7, 11) is 4.81. The second-order valence-electron chi connectivity index (χ2n) is 8.12. The lowest BCUT2D eigenvalue weighted by molar-refractivity contribution is -0.137. The SMILES string of the molecule is COC(=O)Nc1ccc2c(-c3nc(NCCCCN(C)C)ncc3C(F)(F)F)c[nH]c2c1C(F)(F)F. The first-order chi connectivity index (χ1) is 16.8. The Morgan fingerprint density at radius 1 is 1.11 bits per heavy atom. The maximum Gasteiger partial charge on any atom is 0.420 e. The van der Waals surface area contributed by atoms with Crippen LogP contribution >= 0.6 is 0 Å². The number of hydrogen-bond acceptors (Lipinski definition) is 6. The van der Waals surface area contributed by atoms with Crippen molar-refractivity contribution in [3.8, 4) is 11.3 Å². The summed E-state index contributed by atoms with van der Waals surface area (Å²) >= 11 is 0. The van der Waals surface area contributed by atoms with Gasteiger partial charge in [0.05, 0.1) is 24.0 Å². The van der Waals surface area contributed by atoms with Gasteiger partial charge in [-0.1, -0.05) is 6.07 Å². The van der Waals surface area contributed by atoms with E-state index in [0.717, 1.165) is 38.4 Å². The predicted octanol–water partition coefficient (Wildman–Crippen LogP) is 5.59. The quantitative estimate of drug-likeness (QED) is 0.266. The number of carbonyl (C=O) groups excluding carboxylic acids is 1. The van der Waals surface area contributed by atoms with Gasteiger partial charge in [-0.05, 0) is 39.5 Å². The number of aromatic nitrogens is 3. The van der Waals surface area contributed by atoms with Crippen molar-refractivity contribution in [3.63, 3.8) is 0 Å². The van der Waals surface area contributed by atoms with E-state index in [2.05, 4.69) is 25.0 Å². The Hall–Kier alpha value is -3.55. The maximum atomic E-state index is 13.9. The van der Waals surface area contributed by atoms with Gasteiger partial charge in [0.15, 0.2) is 0 Å². The van der Waals surface area contributed by atoms with Gasteiger partial charge in [0.1, 0.15) is 11.1 Å². The molecule has 0 aliphatic rings. The minimum Gasteiger partial charge on any atom is -0.453 e. The van der Waals surface area contributed by atoms with Crippen LogP contribution in [0.15, 0.2) is 24.5 Å². The summed E-state index contributed by atoms with van der Waals surface area (Å²) in [5.41, 5.74) is -4.39. The van der Waals surface area contributed by atoms with E-state index in [-0.39, 0.29) is 16.9 Å². The standard InChI is InChI=1S/C22H24F6N6O2/c1-34(2)9-5-4-8-29-19-31-11-14(21(23,24)25)17(33-19)13-10-30-18-12(13)6-7-15(32-20(35)36-3)16(18)22(26,27)28/h6-7,10-11,30H,4-5,8-9H2,1-3H3,(H,32,35)(H,29,31,33). The molecule has 0 bridgehead atoms. The summed E-state index contributed by atoms with van der Waals surface area (Å²) in [5, 5.41) is 4.67. The molecular weight excluding hydrogens is 494 g/mol. The highest BCUT2D eigenvalue weighted by Gasteiger charge is 2.39. The summed E-state index contributed by atoms with van der Waals surface area (Å²) in [4.78, 5) is 23.6. The Bertz CT molecular complexity index is 1220. The molecule has 0 radical (unpaired) electrons. The number of alkyl halides is 6. The number of halogens is 6. The molecule has 2 aromatic heterocycles. The molecule has 0 spiro atoms. The second-order valence-corrected chi connectivity index (χ2v) is 8.12. The Balaban J connectivity index is 2.07. The fourth-order valence-corrected chi connectivity index (χ4v) is 3.59. The monoisotopic (exact) mass is 518 g/mol. The zero-order chi connectivity index (χ0) is 26.7. The zero-order valence-corrected chi connectivity index (χ0v) is 19.6. The Kier molecular flexibility index (Phi) is 7.96. The zero-order valence-electron chi connectivity index (χ0n) is 19.6. The van der Waals surface area contributed by atoms with E-state index in [1.165, 1.54) is 0 Å². The average Bonchev–Trinajstić information content (AvgIpc) is 3.20. The third kappa shape index (κ3) is 6.17. The van der Waals surface area contributed by atoms with Gasteiger partial charge >= 0.3 is 18.4 Å². The molecule has 0 saturated heterocycles. The first kappa shape index (κ1) is 27.0. The molecule has 0 unspecified atom stereocenters. The molecule has 2 heterocycles. The molecule has 36 heavy (non-hydrogen) atoms. The van der Waals surface area contributed by atoms with Crippen LogP contribution in [0.3, 0.4) is 0 Å². The minimum absolute atomic E-state index is 0.0859. The molecule has 3 aromatic rings. The van der Waals surface area contributed by atoms with Gasteiger partial charge in [-0.2, -0.15) is 26.3 Å². The van der Waals surface area contributed by atoms with E-state index in [4.69, 9.17) is 0 Å². The average molecular weight is 518 g/mol. The number of H-pyrrole nitrogens is 1. The topological polar surface area (TPSA) is 95.2 Å². The van der Waals surface area contributed by atoms with Crippen LogP contribution < -0.4 is 10.6 Å². The van der Waals surface area contributed by atoms with Crippen molar-refractivity contribution in [2.45, 2.75) is 25.2 Å². The number of nitrogens with one attached hydrogen (secondary N) is 3. The van der Waals surface area contributed by atoms with Gasteiger partial charge in [-0.25, -0.2) is 14.8 Å². The molecule has 3 rings (SSSR count). The van der Waals surface area contributed by atoms with Crippen LogP contribution in [0.1, 0.15) is 24.0 Å². The fourth-order valence-electron chi connectivity index (χ4n) is 3.59. The van der Waals surface area contributed by atoms with Crippen molar-refractivity contribution in [2.75, 3.05) is 44.9 Å². The molecule has 196 valence electrons. The van der Waals surface area contributed by atoms with Crippen LogP contribution in [0.5, 0.6) is 0 Å². The Morgan fingerprint density at radius 2 is 1.83 bits per heavy atom. The number of hydrogen-bond donors (Lipinski definition) is 3. The maximum absolute atomic E-state index is 13.9. The van der Waals surface area contributed by atoms with E-state index in [1.54, 1.807) is 0 Å². The summed E-state index contributed by atoms with van der Waals surface area (Å²) in [5.74, 6) is -0.0859. The first-order valence-electron chi connectivity index (χ1n) is 10.7. The second kappa shape index (κ2) is 10.6. The normalized spacial score (nSPS) is 12.3. The molecular formula is C22H24F6N6O2. The highest BCUT2D eigenvalue weighted by Crippen LogP contribution is 2.44. The lowest BCUT2D eigenvalue weighted by atomic mass is 10.0. The van der Waals surface area contributed by atoms with Crippen LogP contribution in [0, 0.1) is 0 Å². The molecule has 0 aliphatic carbocycles. The third-order valence-corrected chi connectivity index (χ3v) is 5.23. The first-order valence-corrected chi connectivity index (χ1v) is 10.7. The molecule has 1 aromatic carbocycles. The number of carbonyl (C=O) groups is 1. The highest BCUT2D eigenvalue weighted by molar-refractivity contribution is 6.01. The number of anilines is 2. The van der Waals surface area contributed by atoms with Gasteiger partial charge in [0.25, 0.3) is 0 Å². The predicted molar refractivity (Wildman–Crippen MR) is 122 cm³/mol. The fraction of sp³-hybridized carbons (Fsp3) is 0.409. The number of methoxy groups -OCH3 is 1. The molecule has 8 nitrogen and oxygen atoms in total. The summed E-state index contributed by atoms with van der Waals surface area (Å²) in [6.07, 6.45) is -7.80. The van der Waals surface area contributed by atoms with Crippen LogP contribution in [0.2, 0.25) is 0 Å². The molecule has 0 aliphatic heterocycles. The van der Waals surface area contributed by atoms with E-state index >= 15 is 0 Å². The number of benzene rings is 1. The van der Waals surface area contributed by atoms with Crippen LogP contribution in [-0.2, 0) is 17.1 Å². The number of nitrogens with zero attached hydrogens (tertiary/aromatic N) is 3. The van der Waals surface area contributed by atoms with Crippen molar-refractivity contribution in [1.29, 1.82) is 0 Å². The molecule has 0 fully saturated rings. The number of ether oxygens (including phenoxy) is 1. The number of aromatic amines is 1. The lowest BCUT2D eigenvalue weighted by Crippen LogP contribution is -2.16. The molecule has 14 heteroatoms. The van der Waals surface area contributed by atoms with E-state index < -0.39 is 46.5 Å². The van der Waals surface area contributed by atoms with E-state index in [9.17, 15) is 31.1 Å². The van der Waals surface area contributed by atoms with Crippen LogP contribution in [-0.4, -0.2) is 60.2 Å². The number of unbranched alkanes of at least 4 members (excludes halogenated alkanes) is 1. The highest BCUT2D eigenvalue weighted by atomic mass is 19.4. The summed E-state index contributed by atoms with van der Waals surface area (Å²) in [6.45, 7) is 1.22. The molecule has 0 atom stereocenters. The molecule has 1 amide bonds. The number of rotatable bonds is 8. The van der Waals surface area contributed by atoms with Gasteiger partial charge in [0.2, 0.25) is 5.95 Å². The van der Waals surface area contributed by atoms with Crippen molar-refractivity contribution in [3.05, 3.63) is 35.7 Å². The summed E-state index contributed by atoms with van der Waals surface area (Å²) in [6, 6.07) is 2.11. The van der Waals surface area contributed by atoms with E-state index in [1.807, 2.05) is 24.3 Å². The van der Waals surface area contributed by atoms with Gasteiger partial charge in [0, 0.05) is 29.9 Å². The van der Waals surface area contributed by atoms with Gasteiger partial charge in [-0.15, -0.1) is 0 Å². The van der Waals surface area contributed by atoms with Gasteiger partial charge < -0.3 is 19.9 Å². The smallest absolute Gasteiger partial charge is 0.420 e. The number of fused-ring (bicyclic) bond motifs is 1. The van der Waals surface area contributed by atoms with E-state index in [0.29, 0.717) is 19.2 Å². The van der Waals surface area contributed by atoms with Gasteiger partial charge in [-0.3, -0.25) is 5.32 Å². The largest absolute Gasteiger partial charge is 0.453 e. The molecule has 3 N–H and O–H groups in total. The van der Waals surface area contributed by atoms with Crippen LogP contribution in [0.25, 0.3) is 22.2 Å².